The van der Waals surface area contributed by atoms with Gasteiger partial charge in [0.05, 0.1) is 19.7 Å². The number of halogens is 1. The molecule has 1 atom stereocenters. The Morgan fingerprint density at radius 3 is 2.92 bits per heavy atom. The summed E-state index contributed by atoms with van der Waals surface area (Å²) in [6.45, 7) is 3.42. The van der Waals surface area contributed by atoms with E-state index in [1.807, 2.05) is 18.2 Å². The van der Waals surface area contributed by atoms with Gasteiger partial charge in [0.2, 0.25) is 5.88 Å². The number of amides is 1. The van der Waals surface area contributed by atoms with Crippen molar-refractivity contribution < 1.29 is 18.7 Å². The highest BCUT2D eigenvalue weighted by Gasteiger charge is 2.50. The molecule has 4 rings (SSSR count). The summed E-state index contributed by atoms with van der Waals surface area (Å²) in [5.41, 5.74) is 0.844. The number of benzene rings is 1. The molecule has 0 bridgehead atoms. The zero-order valence-electron chi connectivity index (χ0n) is 14.7. The van der Waals surface area contributed by atoms with Crippen molar-refractivity contribution in [3.8, 4) is 5.88 Å². The highest BCUT2D eigenvalue weighted by Crippen LogP contribution is 2.36. The smallest absolute Gasteiger partial charge is 0.254 e. The van der Waals surface area contributed by atoms with E-state index in [-0.39, 0.29) is 23.4 Å². The molecule has 1 spiro atoms. The van der Waals surface area contributed by atoms with Crippen LogP contribution in [0, 0.1) is 12.7 Å². The number of hydrogen-bond donors (Lipinski definition) is 0. The predicted octanol–water partition coefficient (Wildman–Crippen LogP) is 2.98. The average Bonchev–Trinajstić information content (AvgIpc) is 2.60. The lowest BCUT2D eigenvalue weighted by Crippen LogP contribution is -2.67. The van der Waals surface area contributed by atoms with Gasteiger partial charge in [0, 0.05) is 30.7 Å². The molecule has 1 amide bonds. The lowest BCUT2D eigenvalue weighted by Gasteiger charge is -2.52. The number of likely N-dealkylation sites (tertiary alicyclic amines) is 1. The van der Waals surface area contributed by atoms with Gasteiger partial charge in [0.15, 0.2) is 0 Å². The Labute approximate surface area is 151 Å². The number of rotatable bonds is 3. The van der Waals surface area contributed by atoms with Crippen molar-refractivity contribution in [1.29, 1.82) is 0 Å². The first-order valence-electron chi connectivity index (χ1n) is 8.82. The van der Waals surface area contributed by atoms with Gasteiger partial charge in [0.1, 0.15) is 17.5 Å². The molecule has 3 heterocycles. The van der Waals surface area contributed by atoms with Crippen molar-refractivity contribution in [3.05, 3.63) is 59.5 Å². The average molecular weight is 356 g/mol. The fourth-order valence-electron chi connectivity index (χ4n) is 3.72. The van der Waals surface area contributed by atoms with Gasteiger partial charge in [-0.3, -0.25) is 4.79 Å². The predicted molar refractivity (Wildman–Crippen MR) is 93.6 cm³/mol. The van der Waals surface area contributed by atoms with E-state index in [1.54, 1.807) is 24.1 Å². The van der Waals surface area contributed by atoms with Gasteiger partial charge in [-0.15, -0.1) is 0 Å². The first-order chi connectivity index (χ1) is 12.5. The van der Waals surface area contributed by atoms with E-state index in [2.05, 4.69) is 4.98 Å². The summed E-state index contributed by atoms with van der Waals surface area (Å²) in [4.78, 5) is 18.6. The minimum absolute atomic E-state index is 0.0310. The molecule has 0 N–H and O–H groups in total. The Kier molecular flexibility index (Phi) is 4.36. The van der Waals surface area contributed by atoms with Crippen LogP contribution in [-0.4, -0.2) is 47.2 Å². The molecule has 2 fully saturated rings. The zero-order chi connectivity index (χ0) is 18.1. The topological polar surface area (TPSA) is 51.7 Å². The number of aryl methyl sites for hydroxylation is 1. The summed E-state index contributed by atoms with van der Waals surface area (Å²) >= 11 is 0. The molecule has 6 heteroatoms. The molecular weight excluding hydrogens is 335 g/mol. The van der Waals surface area contributed by atoms with Crippen LogP contribution in [0.3, 0.4) is 0 Å². The monoisotopic (exact) mass is 356 g/mol. The van der Waals surface area contributed by atoms with Crippen LogP contribution in [0.4, 0.5) is 4.39 Å². The van der Waals surface area contributed by atoms with Gasteiger partial charge in [-0.1, -0.05) is 6.07 Å². The van der Waals surface area contributed by atoms with Crippen molar-refractivity contribution in [3.63, 3.8) is 0 Å². The Hall–Kier alpha value is -2.47. The highest BCUT2D eigenvalue weighted by molar-refractivity contribution is 5.96. The van der Waals surface area contributed by atoms with Crippen LogP contribution in [0.2, 0.25) is 0 Å². The summed E-state index contributed by atoms with van der Waals surface area (Å²) in [6.07, 6.45) is 3.28. The second kappa shape index (κ2) is 6.68. The molecule has 136 valence electrons. The third-order valence-electron chi connectivity index (χ3n) is 5.04. The fourth-order valence-corrected chi connectivity index (χ4v) is 3.72. The molecule has 1 aromatic heterocycles. The molecule has 26 heavy (non-hydrogen) atoms. The summed E-state index contributed by atoms with van der Waals surface area (Å²) in [5.74, 6) is 0.206. The number of nitrogens with zero attached hydrogens (tertiary/aromatic N) is 2. The van der Waals surface area contributed by atoms with E-state index in [1.165, 1.54) is 12.1 Å². The number of carbonyl (C=O) groups is 1. The number of aromatic nitrogens is 1. The normalized spacial score (nSPS) is 21.3. The number of pyridine rings is 1. The van der Waals surface area contributed by atoms with Crippen molar-refractivity contribution >= 4 is 5.91 Å². The second-order valence-corrected chi connectivity index (χ2v) is 7.05. The quantitative estimate of drug-likeness (QED) is 0.848. The van der Waals surface area contributed by atoms with E-state index in [0.717, 1.165) is 12.8 Å². The second-order valence-electron chi connectivity index (χ2n) is 7.05. The molecule has 2 aliphatic heterocycles. The van der Waals surface area contributed by atoms with E-state index >= 15 is 0 Å². The standard InChI is InChI=1S/C20H21FN2O3/c1-14-10-15(21)5-6-17(14)19(24)23-12-20(13-23)11-16(7-9-25-20)26-18-4-2-3-8-22-18/h2-6,8,10,16H,7,9,11-13H2,1H3. The van der Waals surface area contributed by atoms with Crippen LogP contribution >= 0.6 is 0 Å². The minimum Gasteiger partial charge on any atom is -0.474 e. The van der Waals surface area contributed by atoms with Crippen LogP contribution in [0.5, 0.6) is 5.88 Å². The summed E-state index contributed by atoms with van der Waals surface area (Å²) < 4.78 is 25.2. The van der Waals surface area contributed by atoms with Gasteiger partial charge < -0.3 is 14.4 Å². The van der Waals surface area contributed by atoms with Crippen molar-refractivity contribution in [1.82, 2.24) is 9.88 Å². The molecule has 0 radical (unpaired) electrons. The summed E-state index contributed by atoms with van der Waals surface area (Å²) in [6, 6.07) is 9.85. The van der Waals surface area contributed by atoms with Crippen LogP contribution in [0.25, 0.3) is 0 Å². The Morgan fingerprint density at radius 1 is 1.35 bits per heavy atom. The van der Waals surface area contributed by atoms with Crippen molar-refractivity contribution in [2.24, 2.45) is 0 Å². The lowest BCUT2D eigenvalue weighted by molar-refractivity contribution is -0.174. The molecule has 0 aliphatic carbocycles. The molecule has 1 aromatic carbocycles. The number of ether oxygens (including phenoxy) is 2. The maximum atomic E-state index is 13.3. The third kappa shape index (κ3) is 3.29. The fraction of sp³-hybridized carbons (Fsp3) is 0.400. The van der Waals surface area contributed by atoms with Gasteiger partial charge in [-0.05, 0) is 36.8 Å². The maximum absolute atomic E-state index is 13.3. The minimum atomic E-state index is -0.346. The van der Waals surface area contributed by atoms with Crippen LogP contribution in [-0.2, 0) is 4.74 Å². The molecule has 0 saturated carbocycles. The molecule has 2 saturated heterocycles. The molecule has 1 unspecified atom stereocenters. The highest BCUT2D eigenvalue weighted by atomic mass is 19.1. The molecular formula is C20H21FN2O3. The van der Waals surface area contributed by atoms with Gasteiger partial charge >= 0.3 is 0 Å². The maximum Gasteiger partial charge on any atom is 0.254 e. The molecule has 2 aliphatic rings. The van der Waals surface area contributed by atoms with Gasteiger partial charge in [-0.2, -0.15) is 0 Å². The molecule has 5 nitrogen and oxygen atoms in total. The van der Waals surface area contributed by atoms with E-state index < -0.39 is 0 Å². The lowest BCUT2D eigenvalue weighted by atomic mass is 9.84. The molecule has 2 aromatic rings. The van der Waals surface area contributed by atoms with Crippen molar-refractivity contribution in [2.75, 3.05) is 19.7 Å². The first kappa shape index (κ1) is 17.0. The number of hydrogen-bond acceptors (Lipinski definition) is 4. The summed E-state index contributed by atoms with van der Waals surface area (Å²) in [7, 11) is 0. The Balaban J connectivity index is 1.38. The van der Waals surface area contributed by atoms with Crippen LogP contribution in [0.1, 0.15) is 28.8 Å². The van der Waals surface area contributed by atoms with E-state index in [9.17, 15) is 9.18 Å². The Morgan fingerprint density at radius 2 is 2.19 bits per heavy atom. The van der Waals surface area contributed by atoms with Crippen molar-refractivity contribution in [2.45, 2.75) is 31.5 Å². The number of carbonyl (C=O) groups excluding carboxylic acids is 1. The van der Waals surface area contributed by atoms with E-state index in [0.29, 0.717) is 36.7 Å². The largest absolute Gasteiger partial charge is 0.474 e. The summed E-state index contributed by atoms with van der Waals surface area (Å²) in [5, 5.41) is 0. The van der Waals surface area contributed by atoms with Gasteiger partial charge in [0.25, 0.3) is 5.91 Å². The third-order valence-corrected chi connectivity index (χ3v) is 5.04. The van der Waals surface area contributed by atoms with Crippen LogP contribution in [0.15, 0.2) is 42.6 Å². The van der Waals surface area contributed by atoms with Gasteiger partial charge in [-0.25, -0.2) is 9.37 Å². The first-order valence-corrected chi connectivity index (χ1v) is 8.82. The zero-order valence-corrected chi connectivity index (χ0v) is 14.7. The SMILES string of the molecule is Cc1cc(F)ccc1C(=O)N1CC2(CC(Oc3ccccn3)CCO2)C1. The van der Waals surface area contributed by atoms with Crippen LogP contribution < -0.4 is 4.74 Å². The Bertz CT molecular complexity index is 806. The van der Waals surface area contributed by atoms with E-state index in [4.69, 9.17) is 9.47 Å².